The fourth-order valence-electron chi connectivity index (χ4n) is 4.07. The quantitative estimate of drug-likeness (QED) is 0.502. The second-order valence-corrected chi connectivity index (χ2v) is 8.10. The summed E-state index contributed by atoms with van der Waals surface area (Å²) in [5, 5.41) is 0. The Morgan fingerprint density at radius 2 is 1.86 bits per heavy atom. The van der Waals surface area contributed by atoms with Gasteiger partial charge in [-0.3, -0.25) is 0 Å². The van der Waals surface area contributed by atoms with Crippen LogP contribution in [0.3, 0.4) is 0 Å². The third-order valence-electron chi connectivity index (χ3n) is 4.22. The van der Waals surface area contributed by atoms with Gasteiger partial charge in [0.2, 0.25) is 0 Å². The summed E-state index contributed by atoms with van der Waals surface area (Å²) in [7, 11) is 0. The van der Waals surface area contributed by atoms with E-state index in [1.165, 1.54) is 12.8 Å². The van der Waals surface area contributed by atoms with E-state index >= 15 is 0 Å². The summed E-state index contributed by atoms with van der Waals surface area (Å²) in [6.45, 7) is 14.5. The molecule has 1 fully saturated rings. The van der Waals surface area contributed by atoms with E-state index in [2.05, 4.69) is 64.1 Å². The Balaban J connectivity index is 3.05. The fraction of sp³-hybridized carbons (Fsp3) is 1.00. The molecule has 0 amide bonds. The highest BCUT2D eigenvalue weighted by atomic mass is 127. The van der Waals surface area contributed by atoms with Crippen LogP contribution in [0, 0.1) is 23.2 Å². The lowest BCUT2D eigenvalue weighted by molar-refractivity contribution is 0.175. The molecule has 0 aromatic carbocycles. The smallest absolute Gasteiger partial charge is 0.0281 e. The Hall–Kier alpha value is 0.730. The molecule has 0 radical (unpaired) electrons. The third kappa shape index (κ3) is 1.85. The maximum Gasteiger partial charge on any atom is 0.0281 e. The Kier molecular flexibility index (Phi) is 3.61. The first-order chi connectivity index (χ1) is 6.25. The van der Waals surface area contributed by atoms with Gasteiger partial charge >= 0.3 is 0 Å². The Bertz CT molecular complexity index is 207. The van der Waals surface area contributed by atoms with Crippen LogP contribution in [0.5, 0.6) is 0 Å². The molecule has 0 N–H and O–H groups in total. The standard InChI is InChI=1S/C13H25I/c1-7-13(14)10(4)8-12(5,6)11(13)9(2)3/h9-11H,7-8H2,1-6H3. The van der Waals surface area contributed by atoms with Gasteiger partial charge in [0.1, 0.15) is 0 Å². The predicted octanol–water partition coefficient (Wildman–Crippen LogP) is 4.91. The lowest BCUT2D eigenvalue weighted by Gasteiger charge is -2.40. The average molecular weight is 308 g/mol. The van der Waals surface area contributed by atoms with Crippen LogP contribution in [0.4, 0.5) is 0 Å². The van der Waals surface area contributed by atoms with Gasteiger partial charge in [0, 0.05) is 3.42 Å². The molecule has 0 aromatic rings. The maximum absolute atomic E-state index is 2.76. The number of alkyl halides is 1. The van der Waals surface area contributed by atoms with Gasteiger partial charge in [0.15, 0.2) is 0 Å². The van der Waals surface area contributed by atoms with Crippen molar-refractivity contribution >= 4 is 22.6 Å². The lowest BCUT2D eigenvalue weighted by atomic mass is 9.71. The van der Waals surface area contributed by atoms with E-state index in [1.54, 1.807) is 0 Å². The molecular weight excluding hydrogens is 283 g/mol. The Morgan fingerprint density at radius 1 is 1.36 bits per heavy atom. The summed E-state index contributed by atoms with van der Waals surface area (Å²) in [5.74, 6) is 2.55. The summed E-state index contributed by atoms with van der Waals surface area (Å²) in [4.78, 5) is 0. The van der Waals surface area contributed by atoms with Crippen LogP contribution in [0.25, 0.3) is 0 Å². The largest absolute Gasteiger partial charge is 0.0783 e. The van der Waals surface area contributed by atoms with Crippen LogP contribution in [0.15, 0.2) is 0 Å². The van der Waals surface area contributed by atoms with E-state index in [9.17, 15) is 0 Å². The highest BCUT2D eigenvalue weighted by Gasteiger charge is 2.55. The third-order valence-corrected chi connectivity index (χ3v) is 6.72. The molecule has 1 rings (SSSR count). The molecule has 0 heterocycles. The zero-order valence-electron chi connectivity index (χ0n) is 10.5. The van der Waals surface area contributed by atoms with Gasteiger partial charge in [0.05, 0.1) is 0 Å². The molecule has 0 aromatic heterocycles. The summed E-state index contributed by atoms with van der Waals surface area (Å²) >= 11 is 2.76. The molecule has 1 heteroatoms. The van der Waals surface area contributed by atoms with Crippen molar-refractivity contribution in [2.24, 2.45) is 23.2 Å². The zero-order valence-corrected chi connectivity index (χ0v) is 12.7. The second-order valence-electron chi connectivity index (χ2n) is 6.10. The van der Waals surface area contributed by atoms with Crippen molar-refractivity contribution < 1.29 is 0 Å². The van der Waals surface area contributed by atoms with E-state index in [-0.39, 0.29) is 0 Å². The number of hydrogen-bond acceptors (Lipinski definition) is 0. The highest BCUT2D eigenvalue weighted by Crippen LogP contribution is 2.60. The van der Waals surface area contributed by atoms with Crippen LogP contribution in [-0.2, 0) is 0 Å². The monoisotopic (exact) mass is 308 g/mol. The number of hydrogen-bond donors (Lipinski definition) is 0. The highest BCUT2D eigenvalue weighted by molar-refractivity contribution is 14.1. The topological polar surface area (TPSA) is 0 Å². The molecule has 3 unspecified atom stereocenters. The first-order valence-electron chi connectivity index (χ1n) is 5.94. The summed E-state index contributed by atoms with van der Waals surface area (Å²) in [6.07, 6.45) is 2.72. The molecule has 0 aliphatic heterocycles. The van der Waals surface area contributed by atoms with Crippen molar-refractivity contribution in [1.82, 2.24) is 0 Å². The van der Waals surface area contributed by atoms with Gasteiger partial charge in [-0.25, -0.2) is 0 Å². The molecule has 0 saturated heterocycles. The van der Waals surface area contributed by atoms with Crippen molar-refractivity contribution in [3.63, 3.8) is 0 Å². The van der Waals surface area contributed by atoms with Gasteiger partial charge in [0.25, 0.3) is 0 Å². The van der Waals surface area contributed by atoms with Crippen LogP contribution < -0.4 is 0 Å². The molecule has 0 nitrogen and oxygen atoms in total. The van der Waals surface area contributed by atoms with Gasteiger partial charge in [-0.15, -0.1) is 0 Å². The van der Waals surface area contributed by atoms with Crippen molar-refractivity contribution in [3.8, 4) is 0 Å². The normalized spacial score (nSPS) is 42.0. The summed E-state index contributed by atoms with van der Waals surface area (Å²) in [6, 6.07) is 0. The van der Waals surface area contributed by atoms with Crippen LogP contribution in [0.1, 0.15) is 54.4 Å². The first-order valence-corrected chi connectivity index (χ1v) is 7.02. The predicted molar refractivity (Wildman–Crippen MR) is 72.9 cm³/mol. The molecule has 1 aliphatic carbocycles. The summed E-state index contributed by atoms with van der Waals surface area (Å²) in [5.41, 5.74) is 0.533. The van der Waals surface area contributed by atoms with Crippen LogP contribution >= 0.6 is 22.6 Å². The first kappa shape index (κ1) is 12.8. The average Bonchev–Trinajstić information content (AvgIpc) is 2.18. The van der Waals surface area contributed by atoms with Gasteiger partial charge < -0.3 is 0 Å². The molecule has 0 bridgehead atoms. The van der Waals surface area contributed by atoms with Crippen molar-refractivity contribution in [2.45, 2.75) is 57.8 Å². The molecule has 1 saturated carbocycles. The molecule has 1 aliphatic rings. The van der Waals surface area contributed by atoms with E-state index in [1.807, 2.05) is 0 Å². The van der Waals surface area contributed by atoms with Crippen molar-refractivity contribution in [2.75, 3.05) is 0 Å². The molecule has 14 heavy (non-hydrogen) atoms. The minimum Gasteiger partial charge on any atom is -0.0783 e. The number of rotatable bonds is 2. The lowest BCUT2D eigenvalue weighted by Crippen LogP contribution is -2.38. The molecular formula is C13H25I. The van der Waals surface area contributed by atoms with E-state index in [0.29, 0.717) is 8.84 Å². The van der Waals surface area contributed by atoms with E-state index in [4.69, 9.17) is 0 Å². The molecule has 3 atom stereocenters. The fourth-order valence-corrected chi connectivity index (χ4v) is 5.85. The van der Waals surface area contributed by atoms with Gasteiger partial charge in [-0.1, -0.05) is 64.1 Å². The van der Waals surface area contributed by atoms with E-state index in [0.717, 1.165) is 17.8 Å². The SMILES string of the molecule is CCC1(I)C(C)CC(C)(C)C1C(C)C. The number of halogens is 1. The van der Waals surface area contributed by atoms with Crippen LogP contribution in [-0.4, -0.2) is 3.42 Å². The zero-order chi connectivity index (χ0) is 11.1. The molecule has 84 valence electrons. The minimum atomic E-state index is 0.533. The Morgan fingerprint density at radius 3 is 2.14 bits per heavy atom. The summed E-state index contributed by atoms with van der Waals surface area (Å²) < 4.78 is 0.537. The Labute approximate surface area is 103 Å². The van der Waals surface area contributed by atoms with Crippen LogP contribution in [0.2, 0.25) is 0 Å². The van der Waals surface area contributed by atoms with Crippen molar-refractivity contribution in [3.05, 3.63) is 0 Å². The van der Waals surface area contributed by atoms with Gasteiger partial charge in [-0.05, 0) is 36.0 Å². The van der Waals surface area contributed by atoms with Crippen molar-refractivity contribution in [1.29, 1.82) is 0 Å². The van der Waals surface area contributed by atoms with E-state index < -0.39 is 0 Å². The second kappa shape index (κ2) is 3.95. The molecule has 0 spiro atoms. The maximum atomic E-state index is 2.76. The minimum absolute atomic E-state index is 0.533. The van der Waals surface area contributed by atoms with Gasteiger partial charge in [-0.2, -0.15) is 0 Å².